The van der Waals surface area contributed by atoms with Gasteiger partial charge in [-0.25, -0.2) is 9.64 Å². The van der Waals surface area contributed by atoms with Gasteiger partial charge in [-0.3, -0.25) is 9.80 Å². The molecule has 2 unspecified atom stereocenters. The van der Waals surface area contributed by atoms with E-state index < -0.39 is 5.60 Å². The van der Waals surface area contributed by atoms with Gasteiger partial charge in [0.2, 0.25) is 0 Å². The number of nitrogens with one attached hydrogen (secondary N) is 1. The van der Waals surface area contributed by atoms with Gasteiger partial charge in [-0.05, 0) is 40.2 Å². The predicted octanol–water partition coefficient (Wildman–Crippen LogP) is 3.08. The number of carbonyl (C=O) groups is 1. The standard InChI is InChI=1S/C23H34N4O3/c1-23(2,3)30-22(28)25-11-13-27-16-20-14-26(15-21(17-27)29-20)12-5-6-18-7-9-19(24-4)10-8-18/h7-10,20-21H,5-6,11-17H2,1-3H3,(H,25,28). The number of carbonyl (C=O) groups excluding carboxylic acids is 1. The van der Waals surface area contributed by atoms with Crippen LogP contribution in [0.15, 0.2) is 24.3 Å². The second kappa shape index (κ2) is 10.3. The highest BCUT2D eigenvalue weighted by Gasteiger charge is 2.34. The third-order valence-electron chi connectivity index (χ3n) is 5.33. The van der Waals surface area contributed by atoms with Gasteiger partial charge in [-0.15, -0.1) is 0 Å². The zero-order chi connectivity index (χ0) is 21.6. The molecule has 1 aromatic rings. The normalized spacial score (nSPS) is 22.3. The average Bonchev–Trinajstić information content (AvgIpc) is 2.66. The highest BCUT2D eigenvalue weighted by Crippen LogP contribution is 2.20. The second-order valence-corrected chi connectivity index (χ2v) is 9.21. The molecule has 2 bridgehead atoms. The van der Waals surface area contributed by atoms with E-state index in [4.69, 9.17) is 16.0 Å². The number of nitrogens with zero attached hydrogens (tertiary/aromatic N) is 3. The minimum absolute atomic E-state index is 0.233. The van der Waals surface area contributed by atoms with E-state index in [-0.39, 0.29) is 18.3 Å². The van der Waals surface area contributed by atoms with E-state index in [1.165, 1.54) is 5.56 Å². The van der Waals surface area contributed by atoms with Crippen LogP contribution in [0.2, 0.25) is 0 Å². The highest BCUT2D eigenvalue weighted by molar-refractivity contribution is 5.67. The van der Waals surface area contributed by atoms with Gasteiger partial charge < -0.3 is 14.8 Å². The van der Waals surface area contributed by atoms with Gasteiger partial charge in [-0.1, -0.05) is 29.8 Å². The summed E-state index contributed by atoms with van der Waals surface area (Å²) in [6, 6.07) is 7.91. The van der Waals surface area contributed by atoms with E-state index in [0.29, 0.717) is 12.2 Å². The third-order valence-corrected chi connectivity index (χ3v) is 5.33. The topological polar surface area (TPSA) is 58.4 Å². The van der Waals surface area contributed by atoms with Crippen molar-refractivity contribution < 1.29 is 14.3 Å². The number of aryl methyl sites for hydroxylation is 1. The van der Waals surface area contributed by atoms with Gasteiger partial charge in [0.25, 0.3) is 0 Å². The Morgan fingerprint density at radius 1 is 1.13 bits per heavy atom. The molecule has 1 amide bonds. The molecule has 164 valence electrons. The monoisotopic (exact) mass is 414 g/mol. The molecule has 2 saturated heterocycles. The summed E-state index contributed by atoms with van der Waals surface area (Å²) in [6.07, 6.45) is 2.26. The lowest BCUT2D eigenvalue weighted by Gasteiger charge is -2.46. The molecule has 3 rings (SSSR count). The first-order chi connectivity index (χ1) is 14.3. The fourth-order valence-corrected chi connectivity index (χ4v) is 4.10. The van der Waals surface area contributed by atoms with E-state index in [2.05, 4.69) is 32.1 Å². The molecule has 0 saturated carbocycles. The van der Waals surface area contributed by atoms with Gasteiger partial charge in [0.05, 0.1) is 18.8 Å². The lowest BCUT2D eigenvalue weighted by molar-refractivity contribution is -0.138. The van der Waals surface area contributed by atoms with Crippen molar-refractivity contribution in [3.63, 3.8) is 0 Å². The lowest BCUT2D eigenvalue weighted by atomic mass is 10.1. The zero-order valence-corrected chi connectivity index (χ0v) is 18.4. The maximum atomic E-state index is 11.8. The van der Waals surface area contributed by atoms with Crippen molar-refractivity contribution in [3.05, 3.63) is 41.2 Å². The van der Waals surface area contributed by atoms with Crippen molar-refractivity contribution in [2.45, 2.75) is 51.4 Å². The number of morpholine rings is 2. The summed E-state index contributed by atoms with van der Waals surface area (Å²) in [7, 11) is 0. The predicted molar refractivity (Wildman–Crippen MR) is 117 cm³/mol. The molecule has 1 N–H and O–H groups in total. The van der Waals surface area contributed by atoms with Gasteiger partial charge in [0.15, 0.2) is 5.69 Å². The largest absolute Gasteiger partial charge is 0.444 e. The number of ether oxygens (including phenoxy) is 2. The number of rotatable bonds is 7. The minimum atomic E-state index is -0.468. The Morgan fingerprint density at radius 3 is 2.30 bits per heavy atom. The summed E-state index contributed by atoms with van der Waals surface area (Å²) in [5.74, 6) is 0. The molecule has 0 radical (unpaired) electrons. The van der Waals surface area contributed by atoms with Crippen molar-refractivity contribution >= 4 is 11.8 Å². The molecule has 7 nitrogen and oxygen atoms in total. The molecule has 2 heterocycles. The maximum Gasteiger partial charge on any atom is 0.407 e. The first kappa shape index (κ1) is 22.5. The smallest absolute Gasteiger partial charge is 0.407 e. The van der Waals surface area contributed by atoms with E-state index >= 15 is 0 Å². The Balaban J connectivity index is 1.34. The molecule has 30 heavy (non-hydrogen) atoms. The first-order valence-corrected chi connectivity index (χ1v) is 10.8. The van der Waals surface area contributed by atoms with Crippen LogP contribution in [-0.2, 0) is 15.9 Å². The lowest BCUT2D eigenvalue weighted by Crippen LogP contribution is -2.60. The van der Waals surface area contributed by atoms with Crippen LogP contribution in [0.25, 0.3) is 4.85 Å². The molecule has 0 spiro atoms. The number of amides is 1. The molecule has 2 aliphatic heterocycles. The van der Waals surface area contributed by atoms with Gasteiger partial charge in [-0.2, -0.15) is 0 Å². The molecule has 7 heteroatoms. The van der Waals surface area contributed by atoms with Crippen LogP contribution in [0.5, 0.6) is 0 Å². The summed E-state index contributed by atoms with van der Waals surface area (Å²) in [4.78, 5) is 20.1. The van der Waals surface area contributed by atoms with Gasteiger partial charge in [0.1, 0.15) is 5.60 Å². The van der Waals surface area contributed by atoms with Crippen LogP contribution in [0.1, 0.15) is 32.8 Å². The third kappa shape index (κ3) is 7.28. The van der Waals surface area contributed by atoms with Gasteiger partial charge >= 0.3 is 6.09 Å². The van der Waals surface area contributed by atoms with Crippen molar-refractivity contribution in [1.82, 2.24) is 15.1 Å². The van der Waals surface area contributed by atoms with Crippen molar-refractivity contribution in [2.24, 2.45) is 0 Å². The van der Waals surface area contributed by atoms with Crippen molar-refractivity contribution in [1.29, 1.82) is 0 Å². The molecule has 0 aliphatic carbocycles. The van der Waals surface area contributed by atoms with Gasteiger partial charge in [0, 0.05) is 39.3 Å². The quantitative estimate of drug-likeness (QED) is 0.695. The van der Waals surface area contributed by atoms with Crippen LogP contribution >= 0.6 is 0 Å². The molecule has 0 aromatic heterocycles. The summed E-state index contributed by atoms with van der Waals surface area (Å²) < 4.78 is 11.4. The van der Waals surface area contributed by atoms with Crippen molar-refractivity contribution in [3.8, 4) is 0 Å². The van der Waals surface area contributed by atoms with Crippen LogP contribution in [-0.4, -0.2) is 79.5 Å². The Bertz CT molecular complexity index is 724. The molecule has 2 atom stereocenters. The number of benzene rings is 1. The summed E-state index contributed by atoms with van der Waals surface area (Å²) in [5, 5.41) is 2.84. The van der Waals surface area contributed by atoms with E-state index in [1.54, 1.807) is 0 Å². The average molecular weight is 415 g/mol. The second-order valence-electron chi connectivity index (χ2n) is 9.21. The minimum Gasteiger partial charge on any atom is -0.444 e. The van der Waals surface area contributed by atoms with E-state index in [1.807, 2.05) is 32.9 Å². The highest BCUT2D eigenvalue weighted by atomic mass is 16.6. The fourth-order valence-electron chi connectivity index (χ4n) is 4.10. The number of hydrogen-bond acceptors (Lipinski definition) is 5. The Morgan fingerprint density at radius 2 is 1.73 bits per heavy atom. The first-order valence-electron chi connectivity index (χ1n) is 10.8. The van der Waals surface area contributed by atoms with Crippen LogP contribution in [0.4, 0.5) is 10.5 Å². The van der Waals surface area contributed by atoms with Crippen LogP contribution < -0.4 is 5.32 Å². The van der Waals surface area contributed by atoms with Crippen molar-refractivity contribution in [2.75, 3.05) is 45.8 Å². The Hall–Kier alpha value is -2.14. The zero-order valence-electron chi connectivity index (χ0n) is 18.4. The Kier molecular flexibility index (Phi) is 7.70. The fraction of sp³-hybridized carbons (Fsp3) is 0.652. The molecule has 2 fully saturated rings. The van der Waals surface area contributed by atoms with E-state index in [0.717, 1.165) is 52.1 Å². The molecular formula is C23H34N4O3. The molecule has 2 aliphatic rings. The van der Waals surface area contributed by atoms with Crippen LogP contribution in [0.3, 0.4) is 0 Å². The number of alkyl carbamates (subject to hydrolysis) is 1. The van der Waals surface area contributed by atoms with E-state index in [9.17, 15) is 4.79 Å². The number of hydrogen-bond donors (Lipinski definition) is 1. The summed E-state index contributed by atoms with van der Waals surface area (Å²) in [5.41, 5.74) is 1.52. The maximum absolute atomic E-state index is 11.8. The summed E-state index contributed by atoms with van der Waals surface area (Å²) >= 11 is 0. The summed E-state index contributed by atoms with van der Waals surface area (Å²) in [6.45, 7) is 18.8. The number of fused-ring (bicyclic) bond motifs is 2. The Labute approximate surface area is 180 Å². The molecule has 1 aromatic carbocycles. The molecular weight excluding hydrogens is 380 g/mol. The SMILES string of the molecule is [C-]#[N+]c1ccc(CCCN2CC3CN(CCNC(=O)OC(C)(C)C)CC(C2)O3)cc1. The van der Waals surface area contributed by atoms with Crippen LogP contribution in [0, 0.1) is 6.57 Å².